The van der Waals surface area contributed by atoms with Gasteiger partial charge in [0.25, 0.3) is 0 Å². The lowest BCUT2D eigenvalue weighted by Gasteiger charge is -2.10. The molecule has 0 bridgehead atoms. The molecule has 0 aliphatic heterocycles. The van der Waals surface area contributed by atoms with E-state index in [9.17, 15) is 21.6 Å². The van der Waals surface area contributed by atoms with E-state index in [0.717, 1.165) is 12.5 Å². The van der Waals surface area contributed by atoms with E-state index < -0.39 is 30.9 Å². The second-order valence-corrected chi connectivity index (χ2v) is 9.78. The maximum atomic E-state index is 12.5. The van der Waals surface area contributed by atoms with Crippen LogP contribution in [0.15, 0.2) is 39.8 Å². The molecule has 25 heavy (non-hydrogen) atoms. The summed E-state index contributed by atoms with van der Waals surface area (Å²) in [5.41, 5.74) is 0.262. The van der Waals surface area contributed by atoms with Crippen molar-refractivity contribution in [2.45, 2.75) is 11.9 Å². The summed E-state index contributed by atoms with van der Waals surface area (Å²) in [7, 11) is -8.09. The lowest BCUT2D eigenvalue weighted by atomic mass is 10.1. The fourth-order valence-electron chi connectivity index (χ4n) is 2.39. The van der Waals surface area contributed by atoms with Gasteiger partial charge in [-0.1, -0.05) is 30.3 Å². The predicted octanol–water partition coefficient (Wildman–Crippen LogP) is 2.31. The van der Waals surface area contributed by atoms with Gasteiger partial charge in [-0.3, -0.25) is 0 Å². The first-order chi connectivity index (χ1) is 11.5. The zero-order chi connectivity index (χ0) is 19.0. The predicted molar refractivity (Wildman–Crippen MR) is 96.9 cm³/mol. The number of rotatable bonds is 5. The summed E-state index contributed by atoms with van der Waals surface area (Å²) >= 11 is 3.17. The van der Waals surface area contributed by atoms with Gasteiger partial charge in [-0.25, -0.2) is 25.6 Å². The Hall–Kier alpha value is -1.65. The first-order valence-corrected chi connectivity index (χ1v) is 11.6. The summed E-state index contributed by atoms with van der Waals surface area (Å²) in [6.07, 6.45) is 1.70. The standard InChI is InChI=1S/C15H16BrNO6S2/c1-4-23-15(18)13-11(10-8-6-5-7-9-10)12(16)14(24(2,19)20)17(13)25(3,21)22/h5-9H,4H2,1-3H3. The number of carbonyl (C=O) groups excluding carboxylic acids is 1. The minimum Gasteiger partial charge on any atom is -0.461 e. The van der Waals surface area contributed by atoms with Crippen molar-refractivity contribution < 1.29 is 26.4 Å². The van der Waals surface area contributed by atoms with Crippen molar-refractivity contribution in [2.75, 3.05) is 19.1 Å². The normalized spacial score (nSPS) is 12.2. The quantitative estimate of drug-likeness (QED) is 0.649. The van der Waals surface area contributed by atoms with Gasteiger partial charge in [0.2, 0.25) is 10.0 Å². The van der Waals surface area contributed by atoms with E-state index in [2.05, 4.69) is 15.9 Å². The third-order valence-corrected chi connectivity index (χ3v) is 6.51. The zero-order valence-corrected chi connectivity index (χ0v) is 16.9. The monoisotopic (exact) mass is 449 g/mol. The summed E-state index contributed by atoms with van der Waals surface area (Å²) in [6.45, 7) is 1.58. The Kier molecular flexibility index (Phi) is 5.45. The van der Waals surface area contributed by atoms with Crippen LogP contribution in [0.5, 0.6) is 0 Å². The number of benzene rings is 1. The minimum atomic E-state index is -4.11. The maximum absolute atomic E-state index is 12.5. The molecular weight excluding hydrogens is 434 g/mol. The van der Waals surface area contributed by atoms with Crippen molar-refractivity contribution in [3.63, 3.8) is 0 Å². The van der Waals surface area contributed by atoms with E-state index >= 15 is 0 Å². The average Bonchev–Trinajstić information content (AvgIpc) is 2.82. The molecule has 1 aromatic carbocycles. The SMILES string of the molecule is CCOC(=O)c1c(-c2ccccc2)c(Br)c(S(C)(=O)=O)n1S(C)(=O)=O. The topological polar surface area (TPSA) is 99.5 Å². The molecule has 2 aromatic rings. The van der Waals surface area contributed by atoms with Gasteiger partial charge in [-0.05, 0) is 28.4 Å². The highest BCUT2D eigenvalue weighted by Gasteiger charge is 2.35. The molecule has 10 heteroatoms. The van der Waals surface area contributed by atoms with Gasteiger partial charge >= 0.3 is 5.97 Å². The average molecular weight is 450 g/mol. The Balaban J connectivity index is 3.08. The molecule has 0 fully saturated rings. The largest absolute Gasteiger partial charge is 0.461 e. The van der Waals surface area contributed by atoms with Crippen molar-refractivity contribution in [2.24, 2.45) is 0 Å². The van der Waals surface area contributed by atoms with E-state index in [1.165, 1.54) is 0 Å². The second-order valence-electron chi connectivity index (χ2n) is 5.23. The second kappa shape index (κ2) is 6.93. The number of hydrogen-bond acceptors (Lipinski definition) is 6. The molecule has 1 aromatic heterocycles. The molecule has 0 amide bonds. The van der Waals surface area contributed by atoms with Crippen LogP contribution in [-0.2, 0) is 24.6 Å². The van der Waals surface area contributed by atoms with E-state index in [1.54, 1.807) is 37.3 Å². The lowest BCUT2D eigenvalue weighted by molar-refractivity contribution is 0.0518. The van der Waals surface area contributed by atoms with Gasteiger partial charge in [0.05, 0.1) is 17.3 Å². The van der Waals surface area contributed by atoms with Crippen molar-refractivity contribution in [1.82, 2.24) is 3.97 Å². The molecule has 0 saturated carbocycles. The van der Waals surface area contributed by atoms with Crippen LogP contribution in [0.4, 0.5) is 0 Å². The molecule has 0 spiro atoms. The minimum absolute atomic E-state index is 0.00493. The number of hydrogen-bond donors (Lipinski definition) is 0. The van der Waals surface area contributed by atoms with Crippen LogP contribution in [0.2, 0.25) is 0 Å². The highest BCUT2D eigenvalue weighted by atomic mass is 79.9. The summed E-state index contributed by atoms with van der Waals surface area (Å²) in [4.78, 5) is 12.5. The molecule has 1 heterocycles. The number of nitrogens with zero attached hydrogens (tertiary/aromatic N) is 1. The summed E-state index contributed by atoms with van der Waals surface area (Å²) in [5.74, 6) is -0.928. The molecular formula is C15H16BrNO6S2. The van der Waals surface area contributed by atoms with E-state index in [4.69, 9.17) is 4.74 Å². The van der Waals surface area contributed by atoms with E-state index in [1.807, 2.05) is 0 Å². The molecule has 7 nitrogen and oxygen atoms in total. The number of esters is 1. The fraction of sp³-hybridized carbons (Fsp3) is 0.267. The number of aromatic nitrogens is 1. The van der Waals surface area contributed by atoms with Crippen molar-refractivity contribution in [3.05, 3.63) is 40.5 Å². The maximum Gasteiger partial charge on any atom is 0.356 e. The molecule has 0 radical (unpaired) electrons. The molecule has 0 unspecified atom stereocenters. The molecule has 0 saturated heterocycles. The fourth-order valence-corrected chi connectivity index (χ4v) is 6.50. The van der Waals surface area contributed by atoms with Gasteiger partial charge in [0.15, 0.2) is 20.6 Å². The van der Waals surface area contributed by atoms with Crippen LogP contribution in [0.1, 0.15) is 17.4 Å². The molecule has 0 aliphatic rings. The molecule has 0 N–H and O–H groups in total. The van der Waals surface area contributed by atoms with Gasteiger partial charge in [-0.15, -0.1) is 0 Å². The number of ether oxygens (including phenoxy) is 1. The van der Waals surface area contributed by atoms with Crippen LogP contribution in [0.25, 0.3) is 11.1 Å². The van der Waals surface area contributed by atoms with Crippen LogP contribution >= 0.6 is 15.9 Å². The van der Waals surface area contributed by atoms with Gasteiger partial charge in [0, 0.05) is 11.8 Å². The van der Waals surface area contributed by atoms with Crippen LogP contribution < -0.4 is 0 Å². The Bertz CT molecular complexity index is 1020. The third kappa shape index (κ3) is 3.80. The van der Waals surface area contributed by atoms with Crippen LogP contribution in [-0.4, -0.2) is 45.9 Å². The highest BCUT2D eigenvalue weighted by Crippen LogP contribution is 2.40. The van der Waals surface area contributed by atoms with Gasteiger partial charge in [0.1, 0.15) is 0 Å². The Labute approximate surface area is 154 Å². The van der Waals surface area contributed by atoms with Crippen LogP contribution in [0.3, 0.4) is 0 Å². The van der Waals surface area contributed by atoms with Gasteiger partial charge in [-0.2, -0.15) is 0 Å². The molecule has 0 atom stereocenters. The number of carbonyl (C=O) groups is 1. The van der Waals surface area contributed by atoms with Crippen LogP contribution in [0, 0.1) is 0 Å². The molecule has 136 valence electrons. The van der Waals surface area contributed by atoms with Crippen molar-refractivity contribution in [3.8, 4) is 11.1 Å². The Morgan fingerprint density at radius 2 is 1.68 bits per heavy atom. The summed E-state index contributed by atoms with van der Waals surface area (Å²) in [5, 5.41) is -0.517. The first kappa shape index (κ1) is 19.7. The number of halogens is 1. The first-order valence-electron chi connectivity index (χ1n) is 7.07. The Morgan fingerprint density at radius 3 is 2.12 bits per heavy atom. The summed E-state index contributed by atoms with van der Waals surface area (Å²) < 4.78 is 54.5. The zero-order valence-electron chi connectivity index (χ0n) is 13.7. The van der Waals surface area contributed by atoms with Crippen molar-refractivity contribution >= 4 is 41.8 Å². The third-order valence-electron chi connectivity index (χ3n) is 3.25. The number of sulfone groups is 1. The van der Waals surface area contributed by atoms with Gasteiger partial charge < -0.3 is 4.74 Å². The Morgan fingerprint density at radius 1 is 1.12 bits per heavy atom. The van der Waals surface area contributed by atoms with E-state index in [-0.39, 0.29) is 22.3 Å². The summed E-state index contributed by atoms with van der Waals surface area (Å²) in [6, 6.07) is 8.40. The van der Waals surface area contributed by atoms with Crippen molar-refractivity contribution in [1.29, 1.82) is 0 Å². The lowest BCUT2D eigenvalue weighted by Crippen LogP contribution is -2.22. The highest BCUT2D eigenvalue weighted by molar-refractivity contribution is 9.10. The molecule has 2 rings (SSSR count). The van der Waals surface area contributed by atoms with E-state index in [0.29, 0.717) is 9.54 Å². The smallest absolute Gasteiger partial charge is 0.356 e. The molecule has 0 aliphatic carbocycles.